The molecular weight excluding hydrogens is 322 g/mol. The van der Waals surface area contributed by atoms with Crippen LogP contribution in [0.1, 0.15) is 11.3 Å². The standard InChI is InChI=1S/C15H10ClN3O4/c1-9-2-3-11(16)7-13(9)18-15(20)10(8-17)6-12-4-5-14(23-12)19(21)22/h2-7H,1H3,(H,18,20). The van der Waals surface area contributed by atoms with Crippen LogP contribution in [0.25, 0.3) is 6.08 Å². The fourth-order valence-electron chi connectivity index (χ4n) is 1.73. The van der Waals surface area contributed by atoms with Crippen LogP contribution in [0.3, 0.4) is 0 Å². The molecule has 1 aromatic heterocycles. The van der Waals surface area contributed by atoms with Crippen molar-refractivity contribution in [2.24, 2.45) is 0 Å². The van der Waals surface area contributed by atoms with Crippen molar-refractivity contribution in [3.05, 3.63) is 62.4 Å². The second-order valence-corrected chi connectivity index (χ2v) is 4.95. The number of carbonyl (C=O) groups is 1. The molecule has 0 unspecified atom stereocenters. The Morgan fingerprint density at radius 3 is 2.78 bits per heavy atom. The highest BCUT2D eigenvalue weighted by Crippen LogP contribution is 2.22. The van der Waals surface area contributed by atoms with Crippen molar-refractivity contribution in [3.63, 3.8) is 0 Å². The van der Waals surface area contributed by atoms with E-state index in [1.54, 1.807) is 31.2 Å². The predicted molar refractivity (Wildman–Crippen MR) is 83.8 cm³/mol. The van der Waals surface area contributed by atoms with Crippen LogP contribution in [0.5, 0.6) is 0 Å². The van der Waals surface area contributed by atoms with Gasteiger partial charge in [0, 0.05) is 16.8 Å². The highest BCUT2D eigenvalue weighted by molar-refractivity contribution is 6.31. The molecule has 116 valence electrons. The second-order valence-electron chi connectivity index (χ2n) is 4.52. The first kappa shape index (κ1) is 16.3. The van der Waals surface area contributed by atoms with Crippen LogP contribution in [-0.2, 0) is 4.79 Å². The van der Waals surface area contributed by atoms with E-state index < -0.39 is 16.7 Å². The lowest BCUT2D eigenvalue weighted by Gasteiger charge is -2.07. The van der Waals surface area contributed by atoms with E-state index in [0.29, 0.717) is 10.7 Å². The van der Waals surface area contributed by atoms with Gasteiger partial charge in [-0.15, -0.1) is 0 Å². The summed E-state index contributed by atoms with van der Waals surface area (Å²) >= 11 is 5.87. The third-order valence-electron chi connectivity index (χ3n) is 2.89. The number of nitro groups is 1. The fraction of sp³-hybridized carbons (Fsp3) is 0.0667. The Bertz CT molecular complexity index is 849. The molecule has 0 saturated carbocycles. The van der Waals surface area contributed by atoms with Crippen molar-refractivity contribution in [1.29, 1.82) is 5.26 Å². The maximum Gasteiger partial charge on any atom is 0.433 e. The van der Waals surface area contributed by atoms with Gasteiger partial charge in [0.1, 0.15) is 22.3 Å². The molecule has 23 heavy (non-hydrogen) atoms. The molecule has 1 aromatic carbocycles. The van der Waals surface area contributed by atoms with Gasteiger partial charge in [0.2, 0.25) is 0 Å². The molecule has 0 radical (unpaired) electrons. The lowest BCUT2D eigenvalue weighted by molar-refractivity contribution is -0.402. The first-order valence-electron chi connectivity index (χ1n) is 6.34. The van der Waals surface area contributed by atoms with Crippen LogP contribution in [0.15, 0.2) is 40.3 Å². The van der Waals surface area contributed by atoms with Crippen LogP contribution in [-0.4, -0.2) is 10.8 Å². The molecule has 7 nitrogen and oxygen atoms in total. The molecule has 8 heteroatoms. The maximum absolute atomic E-state index is 12.1. The summed E-state index contributed by atoms with van der Waals surface area (Å²) in [6, 6.07) is 9.13. The van der Waals surface area contributed by atoms with E-state index in [4.69, 9.17) is 21.3 Å². The Morgan fingerprint density at radius 1 is 1.43 bits per heavy atom. The molecule has 0 bridgehead atoms. The van der Waals surface area contributed by atoms with E-state index in [0.717, 1.165) is 17.7 Å². The van der Waals surface area contributed by atoms with Crippen LogP contribution in [0, 0.1) is 28.4 Å². The average Bonchev–Trinajstić information content (AvgIpc) is 2.97. The number of rotatable bonds is 4. The number of nitrogens with one attached hydrogen (secondary N) is 1. The molecule has 2 aromatic rings. The summed E-state index contributed by atoms with van der Waals surface area (Å²) in [7, 11) is 0. The lowest BCUT2D eigenvalue weighted by Crippen LogP contribution is -2.14. The van der Waals surface area contributed by atoms with Crippen LogP contribution in [0.2, 0.25) is 5.02 Å². The van der Waals surface area contributed by atoms with Gasteiger partial charge in [-0.1, -0.05) is 17.7 Å². The van der Waals surface area contributed by atoms with E-state index in [-0.39, 0.29) is 11.3 Å². The molecule has 0 atom stereocenters. The molecule has 0 spiro atoms. The Balaban J connectivity index is 2.24. The molecule has 2 rings (SSSR count). The van der Waals surface area contributed by atoms with E-state index in [1.165, 1.54) is 6.07 Å². The SMILES string of the molecule is Cc1ccc(Cl)cc1NC(=O)C(C#N)=Cc1ccc([N+](=O)[O-])o1. The zero-order valence-corrected chi connectivity index (χ0v) is 12.6. The van der Waals surface area contributed by atoms with Crippen LogP contribution >= 0.6 is 11.6 Å². The largest absolute Gasteiger partial charge is 0.433 e. The van der Waals surface area contributed by atoms with Crippen LogP contribution in [0.4, 0.5) is 11.6 Å². The Labute approximate surface area is 135 Å². The van der Waals surface area contributed by atoms with E-state index in [1.807, 2.05) is 0 Å². The first-order chi connectivity index (χ1) is 10.9. The number of benzene rings is 1. The van der Waals surface area contributed by atoms with Crippen molar-refractivity contribution >= 4 is 35.2 Å². The normalized spacial score (nSPS) is 10.9. The summed E-state index contributed by atoms with van der Waals surface area (Å²) in [6.45, 7) is 1.78. The predicted octanol–water partition coefficient (Wildman–Crippen LogP) is 3.70. The van der Waals surface area contributed by atoms with Gasteiger partial charge in [-0.05, 0) is 30.7 Å². The number of amides is 1. The monoisotopic (exact) mass is 331 g/mol. The Hall–Kier alpha value is -3.11. The summed E-state index contributed by atoms with van der Waals surface area (Å²) in [6.07, 6.45) is 1.13. The first-order valence-corrected chi connectivity index (χ1v) is 6.72. The summed E-state index contributed by atoms with van der Waals surface area (Å²) in [5.41, 5.74) is 0.983. The molecule has 0 aliphatic carbocycles. The number of hydrogen-bond donors (Lipinski definition) is 1. The average molecular weight is 332 g/mol. The van der Waals surface area contributed by atoms with Crippen molar-refractivity contribution in [2.45, 2.75) is 6.92 Å². The summed E-state index contributed by atoms with van der Waals surface area (Å²) in [4.78, 5) is 22.0. The second kappa shape index (κ2) is 6.77. The summed E-state index contributed by atoms with van der Waals surface area (Å²) in [5.74, 6) is -1.11. The van der Waals surface area contributed by atoms with Crippen molar-refractivity contribution in [2.75, 3.05) is 5.32 Å². The van der Waals surface area contributed by atoms with Gasteiger partial charge in [-0.2, -0.15) is 5.26 Å². The van der Waals surface area contributed by atoms with Gasteiger partial charge in [-0.25, -0.2) is 0 Å². The van der Waals surface area contributed by atoms with E-state index >= 15 is 0 Å². The van der Waals surface area contributed by atoms with Gasteiger partial charge < -0.3 is 9.73 Å². The number of anilines is 1. The van der Waals surface area contributed by atoms with Crippen molar-refractivity contribution < 1.29 is 14.1 Å². The van der Waals surface area contributed by atoms with Gasteiger partial charge in [0.15, 0.2) is 0 Å². The summed E-state index contributed by atoms with van der Waals surface area (Å²) < 4.78 is 4.89. The van der Waals surface area contributed by atoms with Gasteiger partial charge in [-0.3, -0.25) is 14.9 Å². The lowest BCUT2D eigenvalue weighted by atomic mass is 10.1. The van der Waals surface area contributed by atoms with Gasteiger partial charge in [0.25, 0.3) is 5.91 Å². The van der Waals surface area contributed by atoms with E-state index in [2.05, 4.69) is 5.32 Å². The minimum Gasteiger partial charge on any atom is -0.401 e. The van der Waals surface area contributed by atoms with Gasteiger partial charge in [0.05, 0.1) is 6.07 Å². The Kier molecular flexibility index (Phi) is 4.79. The van der Waals surface area contributed by atoms with E-state index in [9.17, 15) is 14.9 Å². The molecule has 0 aliphatic rings. The third kappa shape index (κ3) is 3.96. The molecule has 0 saturated heterocycles. The number of hydrogen-bond acceptors (Lipinski definition) is 5. The molecule has 1 amide bonds. The number of halogens is 1. The topological polar surface area (TPSA) is 109 Å². The number of aryl methyl sites for hydroxylation is 1. The molecular formula is C15H10ClN3O4. The molecule has 1 N–H and O–H groups in total. The van der Waals surface area contributed by atoms with Gasteiger partial charge >= 0.3 is 5.88 Å². The molecule has 0 fully saturated rings. The number of furan rings is 1. The van der Waals surface area contributed by atoms with Crippen molar-refractivity contribution in [3.8, 4) is 6.07 Å². The number of nitriles is 1. The zero-order chi connectivity index (χ0) is 17.0. The van der Waals surface area contributed by atoms with Crippen LogP contribution < -0.4 is 5.32 Å². The highest BCUT2D eigenvalue weighted by Gasteiger charge is 2.15. The molecule has 0 aliphatic heterocycles. The maximum atomic E-state index is 12.1. The highest BCUT2D eigenvalue weighted by atomic mass is 35.5. The molecule has 1 heterocycles. The number of carbonyl (C=O) groups excluding carboxylic acids is 1. The quantitative estimate of drug-likeness (QED) is 0.397. The fourth-order valence-corrected chi connectivity index (χ4v) is 1.90. The summed E-state index contributed by atoms with van der Waals surface area (Å²) in [5, 5.41) is 22.6. The van der Waals surface area contributed by atoms with Crippen molar-refractivity contribution in [1.82, 2.24) is 0 Å². The Morgan fingerprint density at radius 2 is 2.17 bits per heavy atom. The minimum absolute atomic E-state index is 0.0335. The minimum atomic E-state index is -0.710. The zero-order valence-electron chi connectivity index (χ0n) is 11.9. The third-order valence-corrected chi connectivity index (χ3v) is 3.13. The smallest absolute Gasteiger partial charge is 0.401 e. The number of nitrogens with zero attached hydrogens (tertiary/aromatic N) is 2.